The molecule has 1 aliphatic heterocycles. The Bertz CT molecular complexity index is 910. The fourth-order valence-electron chi connectivity index (χ4n) is 5.09. The largest absolute Gasteiger partial charge is 0.462 e. The van der Waals surface area contributed by atoms with E-state index in [1.165, 1.54) is 32.1 Å². The van der Waals surface area contributed by atoms with Crippen molar-refractivity contribution in [3.63, 3.8) is 0 Å². The molecule has 2 unspecified atom stereocenters. The highest BCUT2D eigenvalue weighted by molar-refractivity contribution is 5.99. The summed E-state index contributed by atoms with van der Waals surface area (Å²) in [5, 5.41) is 14.9. The molecule has 2 aliphatic rings. The van der Waals surface area contributed by atoms with E-state index in [1.807, 2.05) is 38.1 Å². The van der Waals surface area contributed by atoms with Crippen LogP contribution in [0.15, 0.2) is 24.3 Å². The Hall–Kier alpha value is -2.18. The van der Waals surface area contributed by atoms with Crippen molar-refractivity contribution in [2.75, 3.05) is 31.2 Å². The molecular weight excluding hydrogens is 390 g/mol. The number of hydrogen-bond acceptors (Lipinski definition) is 6. The topological polar surface area (TPSA) is 74.7 Å². The van der Waals surface area contributed by atoms with Gasteiger partial charge < -0.3 is 20.1 Å². The molecule has 2 atom stereocenters. The van der Waals surface area contributed by atoms with E-state index < -0.39 is 0 Å². The Morgan fingerprint density at radius 2 is 2.03 bits per heavy atom. The minimum absolute atomic E-state index is 0.112. The second kappa shape index (κ2) is 9.96. The molecule has 1 aromatic heterocycles. The average Bonchev–Trinajstić information content (AvgIpc) is 2.79. The van der Waals surface area contributed by atoms with Crippen molar-refractivity contribution in [2.45, 2.75) is 64.5 Å². The third kappa shape index (κ3) is 5.01. The second-order valence-corrected chi connectivity index (χ2v) is 9.06. The van der Waals surface area contributed by atoms with E-state index in [2.05, 4.69) is 10.2 Å². The lowest BCUT2D eigenvalue weighted by molar-refractivity contribution is 0.0526. The maximum atomic E-state index is 12.8. The van der Waals surface area contributed by atoms with E-state index in [9.17, 15) is 9.90 Å². The number of fused-ring (bicyclic) bond motifs is 1. The van der Waals surface area contributed by atoms with Crippen molar-refractivity contribution >= 4 is 22.7 Å². The predicted molar refractivity (Wildman–Crippen MR) is 124 cm³/mol. The van der Waals surface area contributed by atoms with Crippen molar-refractivity contribution in [1.29, 1.82) is 0 Å². The van der Waals surface area contributed by atoms with Gasteiger partial charge in [0.1, 0.15) is 11.4 Å². The summed E-state index contributed by atoms with van der Waals surface area (Å²) in [6, 6.07) is 8.87. The quantitative estimate of drug-likeness (QED) is 0.685. The minimum Gasteiger partial charge on any atom is -0.462 e. The Labute approximate surface area is 185 Å². The summed E-state index contributed by atoms with van der Waals surface area (Å²) in [5.74, 6) is 0.446. The van der Waals surface area contributed by atoms with Crippen molar-refractivity contribution in [3.8, 4) is 0 Å². The lowest BCUT2D eigenvalue weighted by Gasteiger charge is -2.41. The Morgan fingerprint density at radius 3 is 2.77 bits per heavy atom. The van der Waals surface area contributed by atoms with Crippen LogP contribution in [0.4, 0.5) is 5.82 Å². The summed E-state index contributed by atoms with van der Waals surface area (Å²) in [4.78, 5) is 19.8. The van der Waals surface area contributed by atoms with E-state index in [4.69, 9.17) is 9.72 Å². The first kappa shape index (κ1) is 22.0. The van der Waals surface area contributed by atoms with Gasteiger partial charge >= 0.3 is 5.97 Å². The smallest absolute Gasteiger partial charge is 0.341 e. The third-order valence-electron chi connectivity index (χ3n) is 6.77. The Morgan fingerprint density at radius 1 is 1.23 bits per heavy atom. The number of aromatic nitrogens is 1. The van der Waals surface area contributed by atoms with Gasteiger partial charge in [-0.25, -0.2) is 9.78 Å². The number of nitrogens with zero attached hydrogens (tertiary/aromatic N) is 2. The van der Waals surface area contributed by atoms with Gasteiger partial charge in [-0.3, -0.25) is 0 Å². The van der Waals surface area contributed by atoms with Gasteiger partial charge in [0.15, 0.2) is 0 Å². The van der Waals surface area contributed by atoms with Crippen LogP contribution in [0.3, 0.4) is 0 Å². The van der Waals surface area contributed by atoms with Crippen LogP contribution in [0, 0.1) is 12.8 Å². The molecule has 0 radical (unpaired) electrons. The standard InChI is InChI=1S/C25H35N3O3/c1-3-31-25(30)21-14-18-13-17(2)9-10-22(18)27-24(21)28-12-11-23(19(15-28)16-29)26-20-7-5-4-6-8-20/h9-10,13-14,19-20,23,26,29H,3-8,11-12,15-16H2,1-2H3. The summed E-state index contributed by atoms with van der Waals surface area (Å²) in [7, 11) is 0. The number of anilines is 1. The molecule has 1 saturated heterocycles. The molecule has 2 aromatic rings. The maximum Gasteiger partial charge on any atom is 0.341 e. The summed E-state index contributed by atoms with van der Waals surface area (Å²) in [5.41, 5.74) is 2.51. The predicted octanol–water partition coefficient (Wildman–Crippen LogP) is 3.83. The first-order valence-electron chi connectivity index (χ1n) is 11.8. The molecule has 2 fully saturated rings. The minimum atomic E-state index is -0.337. The van der Waals surface area contributed by atoms with Gasteiger partial charge in [-0.2, -0.15) is 0 Å². The van der Waals surface area contributed by atoms with Gasteiger partial charge in [-0.05, 0) is 51.3 Å². The van der Waals surface area contributed by atoms with Gasteiger partial charge in [0.2, 0.25) is 0 Å². The molecule has 0 bridgehead atoms. The molecule has 1 aromatic carbocycles. The number of aliphatic hydroxyl groups excluding tert-OH is 1. The SMILES string of the molecule is CCOC(=O)c1cc2cc(C)ccc2nc1N1CCC(NC2CCCCC2)C(CO)C1. The summed E-state index contributed by atoms with van der Waals surface area (Å²) in [6.45, 7) is 5.79. The Balaban J connectivity index is 1.59. The molecule has 1 saturated carbocycles. The van der Waals surface area contributed by atoms with Gasteiger partial charge in [0.25, 0.3) is 0 Å². The summed E-state index contributed by atoms with van der Waals surface area (Å²) >= 11 is 0. The zero-order valence-electron chi connectivity index (χ0n) is 18.8. The van der Waals surface area contributed by atoms with Gasteiger partial charge in [-0.15, -0.1) is 0 Å². The molecule has 0 amide bonds. The molecule has 2 N–H and O–H groups in total. The lowest BCUT2D eigenvalue weighted by atomic mass is 9.89. The molecular formula is C25H35N3O3. The molecule has 6 heteroatoms. The summed E-state index contributed by atoms with van der Waals surface area (Å²) < 4.78 is 5.35. The second-order valence-electron chi connectivity index (χ2n) is 9.06. The fraction of sp³-hybridized carbons (Fsp3) is 0.600. The first-order valence-corrected chi connectivity index (χ1v) is 11.8. The normalized spacial score (nSPS) is 22.6. The third-order valence-corrected chi connectivity index (χ3v) is 6.77. The first-order chi connectivity index (χ1) is 15.1. The van der Waals surface area contributed by atoms with E-state index in [1.54, 1.807) is 0 Å². The number of aryl methyl sites for hydroxylation is 1. The lowest BCUT2D eigenvalue weighted by Crippen LogP contribution is -2.54. The van der Waals surface area contributed by atoms with Gasteiger partial charge in [-0.1, -0.05) is 30.9 Å². The molecule has 31 heavy (non-hydrogen) atoms. The zero-order valence-corrected chi connectivity index (χ0v) is 18.8. The van der Waals surface area contributed by atoms with Gasteiger partial charge in [0, 0.05) is 43.1 Å². The number of carbonyl (C=O) groups is 1. The number of ether oxygens (including phenoxy) is 1. The zero-order chi connectivity index (χ0) is 21.8. The van der Waals surface area contributed by atoms with Crippen molar-refractivity contribution in [1.82, 2.24) is 10.3 Å². The number of esters is 1. The van der Waals surface area contributed by atoms with Crippen LogP contribution < -0.4 is 10.2 Å². The monoisotopic (exact) mass is 425 g/mol. The van der Waals surface area contributed by atoms with Crippen LogP contribution in [-0.4, -0.2) is 54.4 Å². The fourth-order valence-corrected chi connectivity index (χ4v) is 5.09. The van der Waals surface area contributed by atoms with Crippen LogP contribution in [-0.2, 0) is 4.74 Å². The molecule has 1 aliphatic carbocycles. The number of piperidine rings is 1. The number of nitrogens with one attached hydrogen (secondary N) is 1. The van der Waals surface area contributed by atoms with Crippen LogP contribution >= 0.6 is 0 Å². The highest BCUT2D eigenvalue weighted by Gasteiger charge is 2.33. The van der Waals surface area contributed by atoms with Gasteiger partial charge in [0.05, 0.1) is 12.1 Å². The molecule has 4 rings (SSSR count). The van der Waals surface area contributed by atoms with Crippen LogP contribution in [0.5, 0.6) is 0 Å². The highest BCUT2D eigenvalue weighted by atomic mass is 16.5. The summed E-state index contributed by atoms with van der Waals surface area (Å²) in [6.07, 6.45) is 7.32. The number of benzene rings is 1. The molecule has 168 valence electrons. The molecule has 6 nitrogen and oxygen atoms in total. The highest BCUT2D eigenvalue weighted by Crippen LogP contribution is 2.30. The van der Waals surface area contributed by atoms with Crippen molar-refractivity contribution < 1.29 is 14.6 Å². The van der Waals surface area contributed by atoms with E-state index >= 15 is 0 Å². The molecule has 2 heterocycles. The number of rotatable bonds is 6. The number of pyridine rings is 1. The van der Waals surface area contributed by atoms with Crippen molar-refractivity contribution in [3.05, 3.63) is 35.4 Å². The van der Waals surface area contributed by atoms with Crippen LogP contribution in [0.2, 0.25) is 0 Å². The van der Waals surface area contributed by atoms with E-state index in [0.29, 0.717) is 36.6 Å². The Kier molecular flexibility index (Phi) is 7.08. The van der Waals surface area contributed by atoms with Crippen LogP contribution in [0.25, 0.3) is 10.9 Å². The molecule has 0 spiro atoms. The number of hydrogen-bond donors (Lipinski definition) is 2. The van der Waals surface area contributed by atoms with Crippen molar-refractivity contribution in [2.24, 2.45) is 5.92 Å². The van der Waals surface area contributed by atoms with E-state index in [0.717, 1.165) is 29.4 Å². The number of aliphatic hydroxyl groups is 1. The van der Waals surface area contributed by atoms with E-state index in [-0.39, 0.29) is 18.5 Å². The maximum absolute atomic E-state index is 12.8. The number of carbonyl (C=O) groups excluding carboxylic acids is 1. The van der Waals surface area contributed by atoms with Crippen LogP contribution in [0.1, 0.15) is 61.4 Å². The average molecular weight is 426 g/mol.